The van der Waals surface area contributed by atoms with E-state index in [2.05, 4.69) is 19.7 Å². The van der Waals surface area contributed by atoms with Crippen LogP contribution in [0.15, 0.2) is 41.7 Å². The molecule has 3 aromatic rings. The van der Waals surface area contributed by atoms with Crippen LogP contribution >= 0.6 is 0 Å². The van der Waals surface area contributed by atoms with Gasteiger partial charge in [0.1, 0.15) is 17.3 Å². The predicted octanol–water partition coefficient (Wildman–Crippen LogP) is 3.17. The first-order valence-electron chi connectivity index (χ1n) is 8.00. The van der Waals surface area contributed by atoms with Gasteiger partial charge >= 0.3 is 17.7 Å². The molecule has 29 heavy (non-hydrogen) atoms. The second kappa shape index (κ2) is 9.98. The number of aromatic amines is 1. The van der Waals surface area contributed by atoms with Crippen molar-refractivity contribution in [2.45, 2.75) is 24.1 Å². The molecule has 0 fully saturated rings. The van der Waals surface area contributed by atoms with Crippen LogP contribution < -0.4 is 9.47 Å². The van der Waals surface area contributed by atoms with E-state index in [1.165, 1.54) is 13.2 Å². The Balaban J connectivity index is 0.00000300. The third-order valence-corrected chi connectivity index (χ3v) is 4.92. The summed E-state index contributed by atoms with van der Waals surface area (Å²) in [6.45, 7) is 0. The Kier molecular flexibility index (Phi) is 8.18. The number of halogens is 4. The van der Waals surface area contributed by atoms with Crippen LogP contribution in [0.25, 0.3) is 11.0 Å². The molecular formula is C17H15F4N3NaO3S. The number of benzene rings is 1. The van der Waals surface area contributed by atoms with Crippen LogP contribution in [-0.2, 0) is 17.6 Å². The number of aryl methyl sites for hydroxylation is 1. The van der Waals surface area contributed by atoms with Gasteiger partial charge in [0.2, 0.25) is 0 Å². The summed E-state index contributed by atoms with van der Waals surface area (Å²) < 4.78 is 72.1. The SMILES string of the molecule is COc1ccnc(CC[S+]([O-])c2nc3cc(OC(F)(F)C(F)F)ccc3[nH]2)c1.[Na]. The number of alkyl halides is 4. The standard InChI is InChI=1S/C17H15F4N3O3S.Na/c1-26-11-4-6-22-10(8-11)5-7-28(25)16-23-13-3-2-12(9-14(13)24-16)27-17(20,21)15(18)19;/h2-4,6,8-9,15H,5,7H2,1H3,(H,23,24);. The Morgan fingerprint density at radius 1 is 1.21 bits per heavy atom. The molecule has 0 aliphatic rings. The minimum atomic E-state index is -4.61. The number of aromatic nitrogens is 3. The van der Waals surface area contributed by atoms with Crippen molar-refractivity contribution in [3.8, 4) is 11.5 Å². The molecule has 151 valence electrons. The molecule has 0 amide bonds. The molecule has 0 saturated carbocycles. The topological polar surface area (TPSA) is 83.1 Å². The van der Waals surface area contributed by atoms with E-state index in [1.54, 1.807) is 18.3 Å². The Morgan fingerprint density at radius 3 is 2.66 bits per heavy atom. The largest absolute Gasteiger partial charge is 0.609 e. The van der Waals surface area contributed by atoms with Crippen molar-refractivity contribution >= 4 is 51.8 Å². The van der Waals surface area contributed by atoms with Crippen molar-refractivity contribution in [1.82, 2.24) is 15.0 Å². The summed E-state index contributed by atoms with van der Waals surface area (Å²) in [5, 5.41) is 0.135. The molecule has 0 aliphatic heterocycles. The number of pyridine rings is 1. The molecule has 1 aromatic carbocycles. The molecule has 0 bridgehead atoms. The van der Waals surface area contributed by atoms with Crippen LogP contribution in [-0.4, -0.2) is 74.5 Å². The van der Waals surface area contributed by atoms with Gasteiger partial charge in [-0.1, -0.05) is 0 Å². The average molecular weight is 440 g/mol. The van der Waals surface area contributed by atoms with Gasteiger partial charge in [-0.2, -0.15) is 22.5 Å². The number of fused-ring (bicyclic) bond motifs is 1. The van der Waals surface area contributed by atoms with Gasteiger partial charge in [0.15, 0.2) is 0 Å². The first kappa shape index (κ1) is 23.7. The summed E-state index contributed by atoms with van der Waals surface area (Å²) in [6, 6.07) is 6.93. The van der Waals surface area contributed by atoms with Crippen LogP contribution in [0.3, 0.4) is 0 Å². The number of hydrogen-bond donors (Lipinski definition) is 1. The number of methoxy groups -OCH3 is 1. The number of nitrogens with zero attached hydrogens (tertiary/aromatic N) is 2. The average Bonchev–Trinajstić information content (AvgIpc) is 3.09. The van der Waals surface area contributed by atoms with Crippen LogP contribution in [0.4, 0.5) is 17.6 Å². The first-order valence-corrected chi connectivity index (χ1v) is 9.32. The maximum Gasteiger partial charge on any atom is 0.461 e. The smallest absolute Gasteiger partial charge is 0.461 e. The van der Waals surface area contributed by atoms with Crippen molar-refractivity contribution in [1.29, 1.82) is 0 Å². The first-order chi connectivity index (χ1) is 13.3. The number of H-pyrrole nitrogens is 1. The van der Waals surface area contributed by atoms with Crippen molar-refractivity contribution in [2.75, 3.05) is 12.9 Å². The van der Waals surface area contributed by atoms with Crippen LogP contribution in [0.5, 0.6) is 11.5 Å². The summed E-state index contributed by atoms with van der Waals surface area (Å²) in [5.41, 5.74) is 1.27. The molecule has 2 heterocycles. The van der Waals surface area contributed by atoms with Gasteiger partial charge < -0.3 is 14.0 Å². The van der Waals surface area contributed by atoms with Gasteiger partial charge in [0.05, 0.1) is 18.1 Å². The van der Waals surface area contributed by atoms with Crippen LogP contribution in [0.2, 0.25) is 0 Å². The van der Waals surface area contributed by atoms with Gasteiger partial charge in [-0.15, -0.1) is 0 Å². The molecular weight excluding hydrogens is 425 g/mol. The minimum Gasteiger partial charge on any atom is -0.609 e. The number of imidazole rings is 1. The summed E-state index contributed by atoms with van der Waals surface area (Å²) in [5.74, 6) is 0.377. The molecule has 6 nitrogen and oxygen atoms in total. The fraction of sp³-hybridized carbons (Fsp3) is 0.294. The fourth-order valence-corrected chi connectivity index (χ4v) is 3.36. The number of hydrogen-bond acceptors (Lipinski definition) is 5. The molecule has 2 aromatic heterocycles. The van der Waals surface area contributed by atoms with E-state index >= 15 is 0 Å². The van der Waals surface area contributed by atoms with Crippen molar-refractivity contribution < 1.29 is 31.6 Å². The van der Waals surface area contributed by atoms with Gasteiger partial charge in [-0.25, -0.2) is 0 Å². The number of nitrogens with one attached hydrogen (secondary N) is 1. The van der Waals surface area contributed by atoms with E-state index in [9.17, 15) is 22.1 Å². The molecule has 1 unspecified atom stereocenters. The maximum atomic E-state index is 13.0. The third-order valence-electron chi connectivity index (χ3n) is 3.72. The molecule has 3 rings (SSSR count). The van der Waals surface area contributed by atoms with Gasteiger partial charge in [-0.3, -0.25) is 9.97 Å². The van der Waals surface area contributed by atoms with Gasteiger partial charge in [0, 0.05) is 71.2 Å². The van der Waals surface area contributed by atoms with Gasteiger partial charge in [-0.05, 0) is 18.2 Å². The molecule has 1 atom stereocenters. The second-order valence-electron chi connectivity index (χ2n) is 5.67. The number of ether oxygens (including phenoxy) is 2. The van der Waals surface area contributed by atoms with Crippen molar-refractivity contribution in [2.24, 2.45) is 0 Å². The molecule has 0 saturated heterocycles. The van der Waals surface area contributed by atoms with E-state index in [-0.39, 0.29) is 46.0 Å². The Hall–Kier alpha value is -1.53. The normalized spacial score (nSPS) is 12.7. The zero-order chi connectivity index (χ0) is 20.3. The summed E-state index contributed by atoms with van der Waals surface area (Å²) in [6.07, 6.45) is -6.60. The maximum absolute atomic E-state index is 13.0. The predicted molar refractivity (Wildman–Crippen MR) is 99.2 cm³/mol. The zero-order valence-electron chi connectivity index (χ0n) is 15.5. The van der Waals surface area contributed by atoms with E-state index < -0.39 is 29.5 Å². The Morgan fingerprint density at radius 2 is 1.97 bits per heavy atom. The molecule has 12 heteroatoms. The van der Waals surface area contributed by atoms with Crippen molar-refractivity contribution in [3.05, 3.63) is 42.2 Å². The van der Waals surface area contributed by atoms with E-state index in [4.69, 9.17) is 4.74 Å². The molecule has 1 radical (unpaired) electrons. The van der Waals surface area contributed by atoms with Gasteiger partial charge in [0.25, 0.3) is 0 Å². The zero-order valence-corrected chi connectivity index (χ0v) is 18.3. The van der Waals surface area contributed by atoms with Crippen molar-refractivity contribution in [3.63, 3.8) is 0 Å². The number of rotatable bonds is 8. The monoisotopic (exact) mass is 440 g/mol. The summed E-state index contributed by atoms with van der Waals surface area (Å²) in [7, 11) is 1.53. The van der Waals surface area contributed by atoms with E-state index in [0.29, 0.717) is 23.4 Å². The molecule has 0 spiro atoms. The van der Waals surface area contributed by atoms with E-state index in [0.717, 1.165) is 12.1 Å². The fourth-order valence-electron chi connectivity index (χ4n) is 2.35. The third kappa shape index (κ3) is 5.98. The van der Waals surface area contributed by atoms with E-state index in [1.807, 2.05) is 0 Å². The Bertz CT molecular complexity index is 961. The Labute approximate surface area is 188 Å². The summed E-state index contributed by atoms with van der Waals surface area (Å²) in [4.78, 5) is 11.1. The quantitative estimate of drug-likeness (QED) is 0.331. The second-order valence-corrected chi connectivity index (χ2v) is 7.16. The summed E-state index contributed by atoms with van der Waals surface area (Å²) >= 11 is -1.51. The van der Waals surface area contributed by atoms with Crippen LogP contribution in [0.1, 0.15) is 5.69 Å². The minimum absolute atomic E-state index is 0. The molecule has 0 aliphatic carbocycles. The van der Waals surface area contributed by atoms with Crippen LogP contribution in [0, 0.1) is 0 Å². The molecule has 1 N–H and O–H groups in total.